The predicted molar refractivity (Wildman–Crippen MR) is 52.6 cm³/mol. The lowest BCUT2D eigenvalue weighted by atomic mass is 10.0. The molecule has 2 heteroatoms. The summed E-state index contributed by atoms with van der Waals surface area (Å²) in [6.07, 6.45) is 2.03. The normalized spacial score (nSPS) is 12.9. The topological polar surface area (TPSA) is 0 Å². The van der Waals surface area contributed by atoms with Gasteiger partial charge in [-0.05, 0) is 24.0 Å². The van der Waals surface area contributed by atoms with E-state index in [1.165, 1.54) is 4.90 Å². The average Bonchev–Trinajstić information content (AvgIpc) is 2.17. The zero-order valence-corrected chi connectivity index (χ0v) is 8.20. The van der Waals surface area contributed by atoms with Crippen LogP contribution in [0.2, 0.25) is 0 Å². The number of halogens is 1. The van der Waals surface area contributed by atoms with Gasteiger partial charge >= 0.3 is 0 Å². The molecule has 0 bridgehead atoms. The van der Waals surface area contributed by atoms with Gasteiger partial charge in [0.2, 0.25) is 0 Å². The first-order valence-electron chi connectivity index (χ1n) is 3.98. The van der Waals surface area contributed by atoms with Crippen molar-refractivity contribution < 1.29 is 4.39 Å². The minimum absolute atomic E-state index is 0.0251. The first-order valence-corrected chi connectivity index (χ1v) is 5.20. The molecule has 1 rings (SSSR count). The van der Waals surface area contributed by atoms with E-state index >= 15 is 0 Å². The molecule has 0 N–H and O–H groups in total. The third kappa shape index (κ3) is 2.24. The van der Waals surface area contributed by atoms with Gasteiger partial charge in [0.05, 0.1) is 6.67 Å². The Morgan fingerprint density at radius 3 is 2.83 bits per heavy atom. The van der Waals surface area contributed by atoms with E-state index in [1.807, 2.05) is 31.4 Å². The van der Waals surface area contributed by atoms with Gasteiger partial charge in [-0.15, -0.1) is 11.8 Å². The van der Waals surface area contributed by atoms with Crippen LogP contribution in [0.25, 0.3) is 0 Å². The first-order chi connectivity index (χ1) is 5.77. The van der Waals surface area contributed by atoms with Gasteiger partial charge in [-0.2, -0.15) is 0 Å². The molecule has 0 aromatic heterocycles. The first kappa shape index (κ1) is 9.59. The van der Waals surface area contributed by atoms with Crippen molar-refractivity contribution in [3.8, 4) is 0 Å². The SMILES string of the molecule is CSc1cccc(C(C)CF)c1. The van der Waals surface area contributed by atoms with Crippen molar-refractivity contribution in [2.75, 3.05) is 12.9 Å². The van der Waals surface area contributed by atoms with Crippen molar-refractivity contribution in [3.05, 3.63) is 29.8 Å². The number of hydrogen-bond acceptors (Lipinski definition) is 1. The highest BCUT2D eigenvalue weighted by molar-refractivity contribution is 7.98. The largest absolute Gasteiger partial charge is 0.250 e. The van der Waals surface area contributed by atoms with Crippen molar-refractivity contribution in [2.45, 2.75) is 17.7 Å². The molecule has 0 amide bonds. The van der Waals surface area contributed by atoms with Gasteiger partial charge in [-0.25, -0.2) is 0 Å². The highest BCUT2D eigenvalue weighted by Crippen LogP contribution is 2.21. The third-order valence-electron chi connectivity index (χ3n) is 1.89. The predicted octanol–water partition coefficient (Wildman–Crippen LogP) is 3.48. The van der Waals surface area contributed by atoms with Gasteiger partial charge in [0.1, 0.15) is 0 Å². The maximum Gasteiger partial charge on any atom is 0.0960 e. The second-order valence-corrected chi connectivity index (χ2v) is 3.71. The van der Waals surface area contributed by atoms with Crippen LogP contribution in [0.1, 0.15) is 18.4 Å². The molecule has 0 heterocycles. The highest BCUT2D eigenvalue weighted by Gasteiger charge is 2.04. The summed E-state index contributed by atoms with van der Waals surface area (Å²) >= 11 is 1.69. The standard InChI is InChI=1S/C10H13FS/c1-8(7-11)9-4-3-5-10(6-9)12-2/h3-6,8H,7H2,1-2H3. The molecule has 0 spiro atoms. The Morgan fingerprint density at radius 1 is 1.50 bits per heavy atom. The van der Waals surface area contributed by atoms with E-state index in [0.29, 0.717) is 0 Å². The van der Waals surface area contributed by atoms with E-state index in [1.54, 1.807) is 11.8 Å². The van der Waals surface area contributed by atoms with Crippen molar-refractivity contribution >= 4 is 11.8 Å². The summed E-state index contributed by atoms with van der Waals surface area (Å²) in [6, 6.07) is 8.05. The molecule has 0 fully saturated rings. The van der Waals surface area contributed by atoms with Crippen molar-refractivity contribution in [1.29, 1.82) is 0 Å². The number of hydrogen-bond donors (Lipinski definition) is 0. The van der Waals surface area contributed by atoms with Gasteiger partial charge < -0.3 is 0 Å². The van der Waals surface area contributed by atoms with Crippen LogP contribution in [-0.2, 0) is 0 Å². The van der Waals surface area contributed by atoms with Crippen molar-refractivity contribution in [2.24, 2.45) is 0 Å². The average molecular weight is 184 g/mol. The molecule has 0 nitrogen and oxygen atoms in total. The zero-order chi connectivity index (χ0) is 8.97. The lowest BCUT2D eigenvalue weighted by Crippen LogP contribution is -1.94. The highest BCUT2D eigenvalue weighted by atomic mass is 32.2. The molecular weight excluding hydrogens is 171 g/mol. The second-order valence-electron chi connectivity index (χ2n) is 2.83. The molecule has 66 valence electrons. The number of thioether (sulfide) groups is 1. The minimum Gasteiger partial charge on any atom is -0.250 e. The fourth-order valence-corrected chi connectivity index (χ4v) is 1.51. The second kappa shape index (κ2) is 4.51. The Hall–Kier alpha value is -0.500. The van der Waals surface area contributed by atoms with E-state index in [9.17, 15) is 4.39 Å². The van der Waals surface area contributed by atoms with E-state index in [4.69, 9.17) is 0 Å². The van der Waals surface area contributed by atoms with E-state index in [2.05, 4.69) is 6.07 Å². The van der Waals surface area contributed by atoms with Crippen LogP contribution in [0.5, 0.6) is 0 Å². The van der Waals surface area contributed by atoms with Gasteiger partial charge in [-0.1, -0.05) is 19.1 Å². The minimum atomic E-state index is -0.280. The Morgan fingerprint density at radius 2 is 2.25 bits per heavy atom. The summed E-state index contributed by atoms with van der Waals surface area (Å²) in [4.78, 5) is 1.20. The van der Waals surface area contributed by atoms with E-state index in [0.717, 1.165) is 5.56 Å². The van der Waals surface area contributed by atoms with E-state index < -0.39 is 0 Å². The molecule has 12 heavy (non-hydrogen) atoms. The zero-order valence-electron chi connectivity index (χ0n) is 7.38. The molecule has 0 aliphatic heterocycles. The summed E-state index contributed by atoms with van der Waals surface area (Å²) < 4.78 is 12.3. The van der Waals surface area contributed by atoms with Gasteiger partial charge in [0.15, 0.2) is 0 Å². The Kier molecular flexibility index (Phi) is 3.60. The van der Waals surface area contributed by atoms with Crippen LogP contribution in [0.4, 0.5) is 4.39 Å². The number of rotatable bonds is 3. The monoisotopic (exact) mass is 184 g/mol. The van der Waals surface area contributed by atoms with Gasteiger partial charge in [-0.3, -0.25) is 4.39 Å². The van der Waals surface area contributed by atoms with Gasteiger partial charge in [0, 0.05) is 10.8 Å². The van der Waals surface area contributed by atoms with Crippen LogP contribution in [0.15, 0.2) is 29.2 Å². The van der Waals surface area contributed by atoms with Crippen LogP contribution in [-0.4, -0.2) is 12.9 Å². The number of alkyl halides is 1. The summed E-state index contributed by atoms with van der Waals surface area (Å²) in [5, 5.41) is 0. The molecule has 0 saturated heterocycles. The molecule has 0 aliphatic carbocycles. The maximum absolute atomic E-state index is 12.3. The molecular formula is C10H13FS. The molecule has 1 unspecified atom stereocenters. The van der Waals surface area contributed by atoms with Gasteiger partial charge in [0.25, 0.3) is 0 Å². The summed E-state index contributed by atoms with van der Waals surface area (Å²) in [5.74, 6) is 0.0251. The van der Waals surface area contributed by atoms with E-state index in [-0.39, 0.29) is 12.6 Å². The lowest BCUT2D eigenvalue weighted by Gasteiger charge is -2.07. The smallest absolute Gasteiger partial charge is 0.0960 e. The quantitative estimate of drug-likeness (QED) is 0.648. The summed E-state index contributed by atoms with van der Waals surface area (Å²) in [7, 11) is 0. The number of benzene rings is 1. The fourth-order valence-electron chi connectivity index (χ4n) is 1.04. The Balaban J connectivity index is 2.86. The molecule has 1 aromatic carbocycles. The van der Waals surface area contributed by atoms with Crippen LogP contribution < -0.4 is 0 Å². The van der Waals surface area contributed by atoms with Crippen molar-refractivity contribution in [1.82, 2.24) is 0 Å². The van der Waals surface area contributed by atoms with Crippen LogP contribution in [0.3, 0.4) is 0 Å². The summed E-state index contributed by atoms with van der Waals surface area (Å²) in [5.41, 5.74) is 1.09. The van der Waals surface area contributed by atoms with Crippen LogP contribution in [0, 0.1) is 0 Å². The molecule has 1 atom stereocenters. The molecule has 0 radical (unpaired) electrons. The third-order valence-corrected chi connectivity index (χ3v) is 2.62. The Labute approximate surface area is 77.2 Å². The summed E-state index contributed by atoms with van der Waals surface area (Å²) in [6.45, 7) is 1.62. The molecule has 0 saturated carbocycles. The lowest BCUT2D eigenvalue weighted by molar-refractivity contribution is 0.447. The van der Waals surface area contributed by atoms with Crippen LogP contribution >= 0.6 is 11.8 Å². The maximum atomic E-state index is 12.3. The molecule has 1 aromatic rings. The Bertz CT molecular complexity index is 247. The fraction of sp³-hybridized carbons (Fsp3) is 0.400. The van der Waals surface area contributed by atoms with Crippen molar-refractivity contribution in [3.63, 3.8) is 0 Å². The molecule has 0 aliphatic rings.